The van der Waals surface area contributed by atoms with E-state index >= 15 is 0 Å². The molecule has 1 aliphatic heterocycles. The fourth-order valence-electron chi connectivity index (χ4n) is 6.03. The molecule has 5 heteroatoms. The van der Waals surface area contributed by atoms with Crippen molar-refractivity contribution in [2.75, 3.05) is 0 Å². The lowest BCUT2D eigenvalue weighted by atomic mass is 9.62. The van der Waals surface area contributed by atoms with E-state index in [-0.39, 0.29) is 23.4 Å². The molecule has 1 saturated heterocycles. The number of halogens is 1. The molecule has 0 radical (unpaired) electrons. The van der Waals surface area contributed by atoms with Crippen LogP contribution in [0, 0.1) is 11.2 Å². The molecule has 1 spiro atoms. The molecule has 4 nitrogen and oxygen atoms in total. The lowest BCUT2D eigenvalue weighted by molar-refractivity contribution is -0.247. The molecule has 2 aromatic rings. The van der Waals surface area contributed by atoms with Crippen LogP contribution in [0.3, 0.4) is 0 Å². The van der Waals surface area contributed by atoms with E-state index in [1.54, 1.807) is 12.1 Å². The third-order valence-corrected chi connectivity index (χ3v) is 7.64. The lowest BCUT2D eigenvalue weighted by Gasteiger charge is -2.51. The highest BCUT2D eigenvalue weighted by Crippen LogP contribution is 2.59. The van der Waals surface area contributed by atoms with Gasteiger partial charge in [-0.3, -0.25) is 0 Å². The minimum absolute atomic E-state index is 0.160. The average molecular weight is 394 g/mol. The van der Waals surface area contributed by atoms with Gasteiger partial charge >= 0.3 is 0 Å². The van der Waals surface area contributed by atoms with Crippen LogP contribution in [0.2, 0.25) is 0 Å². The Bertz CT molecular complexity index is 965. The average Bonchev–Trinajstić information content (AvgIpc) is 3.29. The Hall–Kier alpha value is -1.98. The van der Waals surface area contributed by atoms with Crippen LogP contribution < -0.4 is 0 Å². The van der Waals surface area contributed by atoms with Gasteiger partial charge in [-0.15, -0.1) is 0 Å². The summed E-state index contributed by atoms with van der Waals surface area (Å²) in [5.74, 6) is -0.737. The smallest absolute Gasteiger partial charge is 0.178 e. The number of nitrogens with zero attached hydrogens (tertiary/aromatic N) is 2. The van der Waals surface area contributed by atoms with Crippen molar-refractivity contribution in [3.63, 3.8) is 0 Å². The molecule has 4 aliphatic rings. The van der Waals surface area contributed by atoms with Gasteiger partial charge in [0.2, 0.25) is 0 Å². The number of ether oxygens (including phenoxy) is 2. The van der Waals surface area contributed by atoms with E-state index < -0.39 is 5.79 Å². The number of rotatable bonds is 1. The number of hydrogen-bond acceptors (Lipinski definition) is 3. The maximum Gasteiger partial charge on any atom is 0.178 e. The highest BCUT2D eigenvalue weighted by atomic mass is 19.1. The van der Waals surface area contributed by atoms with Gasteiger partial charge in [-0.25, -0.2) is 9.07 Å². The van der Waals surface area contributed by atoms with E-state index in [4.69, 9.17) is 9.47 Å². The zero-order valence-corrected chi connectivity index (χ0v) is 16.9. The molecule has 152 valence electrons. The van der Waals surface area contributed by atoms with Crippen molar-refractivity contribution in [2.45, 2.75) is 76.3 Å². The van der Waals surface area contributed by atoms with Gasteiger partial charge < -0.3 is 9.47 Å². The predicted molar refractivity (Wildman–Crippen MR) is 108 cm³/mol. The van der Waals surface area contributed by atoms with Gasteiger partial charge in [0.1, 0.15) is 5.82 Å². The minimum atomic E-state index is -0.508. The zero-order valence-electron chi connectivity index (χ0n) is 16.9. The molecule has 3 fully saturated rings. The minimum Gasteiger partial charge on any atom is -0.343 e. The fraction of sp³-hybridized carbons (Fsp3) is 0.542. The summed E-state index contributed by atoms with van der Waals surface area (Å²) >= 11 is 0. The van der Waals surface area contributed by atoms with Crippen molar-refractivity contribution in [1.82, 2.24) is 9.78 Å². The molecule has 1 aromatic heterocycles. The molecule has 0 N–H and O–H groups in total. The second-order valence-corrected chi connectivity index (χ2v) is 9.33. The van der Waals surface area contributed by atoms with Gasteiger partial charge in [0.15, 0.2) is 5.79 Å². The largest absolute Gasteiger partial charge is 0.343 e. The van der Waals surface area contributed by atoms with Crippen LogP contribution in [0.15, 0.2) is 36.0 Å². The van der Waals surface area contributed by atoms with Crippen LogP contribution in [0.5, 0.6) is 0 Å². The third-order valence-electron chi connectivity index (χ3n) is 7.64. The van der Waals surface area contributed by atoms with Gasteiger partial charge in [0.25, 0.3) is 0 Å². The fourth-order valence-corrected chi connectivity index (χ4v) is 6.03. The summed E-state index contributed by atoms with van der Waals surface area (Å²) in [6.45, 7) is 2.33. The van der Waals surface area contributed by atoms with Gasteiger partial charge in [0.05, 0.1) is 29.8 Å². The van der Waals surface area contributed by atoms with Crippen LogP contribution in [-0.4, -0.2) is 27.8 Å². The van der Waals surface area contributed by atoms with E-state index in [0.717, 1.165) is 49.9 Å². The van der Waals surface area contributed by atoms with Crippen molar-refractivity contribution in [2.24, 2.45) is 5.41 Å². The van der Waals surface area contributed by atoms with E-state index in [1.807, 2.05) is 10.9 Å². The Morgan fingerprint density at radius 1 is 1.07 bits per heavy atom. The first-order valence-electron chi connectivity index (χ1n) is 11.0. The monoisotopic (exact) mass is 394 g/mol. The van der Waals surface area contributed by atoms with Crippen LogP contribution >= 0.6 is 0 Å². The van der Waals surface area contributed by atoms with Crippen LogP contribution in [0.25, 0.3) is 11.8 Å². The number of hydrogen-bond donors (Lipinski definition) is 0. The predicted octanol–water partition coefficient (Wildman–Crippen LogP) is 5.20. The second kappa shape index (κ2) is 6.26. The Kier molecular flexibility index (Phi) is 3.85. The summed E-state index contributed by atoms with van der Waals surface area (Å²) in [4.78, 5) is 0. The normalized spacial score (nSPS) is 35.7. The molecular formula is C24H27FN2O2. The summed E-state index contributed by atoms with van der Waals surface area (Å²) in [7, 11) is 0. The summed E-state index contributed by atoms with van der Waals surface area (Å²) in [6, 6.07) is 6.54. The number of fused-ring (bicyclic) bond motifs is 4. The topological polar surface area (TPSA) is 36.3 Å². The van der Waals surface area contributed by atoms with Gasteiger partial charge in [-0.05, 0) is 68.0 Å². The molecule has 1 aromatic carbocycles. The summed E-state index contributed by atoms with van der Waals surface area (Å²) < 4.78 is 28.8. The second-order valence-electron chi connectivity index (χ2n) is 9.33. The van der Waals surface area contributed by atoms with Crippen LogP contribution in [0.1, 0.15) is 63.1 Å². The maximum atomic E-state index is 13.4. The van der Waals surface area contributed by atoms with E-state index in [0.29, 0.717) is 0 Å². The maximum absolute atomic E-state index is 13.4. The summed E-state index contributed by atoms with van der Waals surface area (Å²) in [5.41, 5.74) is 4.45. The Morgan fingerprint density at radius 2 is 1.79 bits per heavy atom. The van der Waals surface area contributed by atoms with Crippen LogP contribution in [0.4, 0.5) is 4.39 Å². The Morgan fingerprint density at radius 3 is 2.52 bits per heavy atom. The molecule has 0 bridgehead atoms. The third kappa shape index (κ3) is 2.53. The van der Waals surface area contributed by atoms with Crippen molar-refractivity contribution in [1.29, 1.82) is 0 Å². The molecule has 3 aliphatic carbocycles. The summed E-state index contributed by atoms with van der Waals surface area (Å²) in [5, 5.41) is 4.64. The molecule has 2 saturated carbocycles. The first-order valence-corrected chi connectivity index (χ1v) is 11.0. The molecule has 6 rings (SSSR count). The van der Waals surface area contributed by atoms with Crippen molar-refractivity contribution < 1.29 is 13.9 Å². The quantitative estimate of drug-likeness (QED) is 0.667. The number of aromatic nitrogens is 2. The van der Waals surface area contributed by atoms with Gasteiger partial charge in [0, 0.05) is 11.8 Å². The van der Waals surface area contributed by atoms with Crippen LogP contribution in [-0.2, 0) is 15.9 Å². The van der Waals surface area contributed by atoms with Crippen molar-refractivity contribution in [3.05, 3.63) is 53.1 Å². The molecule has 29 heavy (non-hydrogen) atoms. The first kappa shape index (κ1) is 17.8. The van der Waals surface area contributed by atoms with Gasteiger partial charge in [-0.1, -0.05) is 25.3 Å². The number of benzene rings is 1. The van der Waals surface area contributed by atoms with E-state index in [2.05, 4.69) is 18.1 Å². The molecule has 3 atom stereocenters. The molecular weight excluding hydrogens is 367 g/mol. The molecule has 2 heterocycles. The van der Waals surface area contributed by atoms with E-state index in [1.165, 1.54) is 36.1 Å². The summed E-state index contributed by atoms with van der Waals surface area (Å²) in [6.07, 6.45) is 13.5. The first-order chi connectivity index (χ1) is 14.1. The SMILES string of the molecule is C[C@]12Cc3cnn(-c4ccc(F)cc4)c3C=C1CCCC21OC2CCCCC2O1. The van der Waals surface area contributed by atoms with Gasteiger partial charge in [-0.2, -0.15) is 5.10 Å². The lowest BCUT2D eigenvalue weighted by Crippen LogP contribution is -2.53. The van der Waals surface area contributed by atoms with E-state index in [9.17, 15) is 4.39 Å². The Balaban J connectivity index is 1.40. The Labute approximate surface area is 170 Å². The highest BCUT2D eigenvalue weighted by molar-refractivity contribution is 5.62. The zero-order chi connectivity index (χ0) is 19.6. The highest BCUT2D eigenvalue weighted by Gasteiger charge is 2.61. The van der Waals surface area contributed by atoms with Crippen molar-refractivity contribution >= 4 is 6.08 Å². The molecule has 2 unspecified atom stereocenters. The van der Waals surface area contributed by atoms with Crippen molar-refractivity contribution in [3.8, 4) is 5.69 Å². The standard InChI is InChI=1S/C24H27FN2O2/c1-23-14-16-15-26-27(19-10-8-18(25)9-11-19)20(16)13-17(23)5-4-12-24(23)28-21-6-2-3-7-22(21)29-24/h8-11,13,15,21-22H,2-7,12,14H2,1H3/t21?,22?,23-,24?/m0/s1. The molecule has 0 amide bonds.